The molecule has 0 aliphatic heterocycles. The second-order valence-electron chi connectivity index (χ2n) is 3.91. The zero-order chi connectivity index (χ0) is 10.3. The number of hydrogen-bond donors (Lipinski definition) is 1. The third-order valence-corrected chi connectivity index (χ3v) is 3.32. The van der Waals surface area contributed by atoms with E-state index in [1.807, 2.05) is 4.57 Å². The lowest BCUT2D eigenvalue weighted by molar-refractivity contribution is 0.504. The number of hydrogen-bond acceptors (Lipinski definition) is 2. The summed E-state index contributed by atoms with van der Waals surface area (Å²) in [6.07, 6.45) is 2.92. The summed E-state index contributed by atoms with van der Waals surface area (Å²) in [6.45, 7) is 0.937. The first kappa shape index (κ1) is 8.85. The first-order valence-corrected chi connectivity index (χ1v) is 5.43. The fraction of sp³-hybridized carbons (Fsp3) is 0.273. The molecule has 4 heteroatoms. The number of aromatic amines is 1. The van der Waals surface area contributed by atoms with E-state index < -0.39 is 0 Å². The highest BCUT2D eigenvalue weighted by molar-refractivity contribution is 7.71. The van der Waals surface area contributed by atoms with Crippen LogP contribution in [0.25, 0.3) is 0 Å². The van der Waals surface area contributed by atoms with Gasteiger partial charge in [0.2, 0.25) is 0 Å². The summed E-state index contributed by atoms with van der Waals surface area (Å²) >= 11 is 5.12. The molecule has 0 fully saturated rings. The summed E-state index contributed by atoms with van der Waals surface area (Å²) in [6, 6.07) is 8.59. The predicted octanol–water partition coefficient (Wildman–Crippen LogP) is 2.28. The predicted molar refractivity (Wildman–Crippen MR) is 60.3 cm³/mol. The lowest BCUT2D eigenvalue weighted by Crippen LogP contribution is -2.21. The molecule has 1 atom stereocenters. The second kappa shape index (κ2) is 3.31. The molecule has 3 rings (SSSR count). The summed E-state index contributed by atoms with van der Waals surface area (Å²) in [7, 11) is 0. The Kier molecular flexibility index (Phi) is 1.95. The van der Waals surface area contributed by atoms with Crippen LogP contribution in [0, 0.1) is 4.77 Å². The number of rotatable bonds is 2. The van der Waals surface area contributed by atoms with Crippen LogP contribution in [0.1, 0.15) is 17.0 Å². The summed E-state index contributed by atoms with van der Waals surface area (Å²) in [5, 5.41) is 6.70. The average Bonchev–Trinajstić information content (AvgIpc) is 2.61. The smallest absolute Gasteiger partial charge is 0.194 e. The van der Waals surface area contributed by atoms with E-state index in [4.69, 9.17) is 12.2 Å². The maximum atomic E-state index is 5.12. The number of fused-ring (bicyclic) bond motifs is 1. The zero-order valence-electron chi connectivity index (χ0n) is 8.18. The number of nitrogens with zero attached hydrogens (tertiary/aromatic N) is 2. The first-order chi connectivity index (χ1) is 7.34. The van der Waals surface area contributed by atoms with Gasteiger partial charge in [-0.3, -0.25) is 5.10 Å². The largest absolute Gasteiger partial charge is 0.306 e. The van der Waals surface area contributed by atoms with Crippen molar-refractivity contribution in [1.29, 1.82) is 0 Å². The van der Waals surface area contributed by atoms with Crippen LogP contribution < -0.4 is 0 Å². The van der Waals surface area contributed by atoms with Crippen molar-refractivity contribution in [3.8, 4) is 0 Å². The van der Waals surface area contributed by atoms with E-state index in [1.165, 1.54) is 11.1 Å². The Morgan fingerprint density at radius 1 is 1.47 bits per heavy atom. The maximum Gasteiger partial charge on any atom is 0.194 e. The molecule has 1 N–H and O–H groups in total. The van der Waals surface area contributed by atoms with E-state index in [0.29, 0.717) is 10.7 Å². The van der Waals surface area contributed by atoms with Gasteiger partial charge in [-0.1, -0.05) is 24.3 Å². The number of H-pyrrole nitrogens is 1. The van der Waals surface area contributed by atoms with Gasteiger partial charge in [-0.25, -0.2) is 0 Å². The van der Waals surface area contributed by atoms with E-state index in [9.17, 15) is 0 Å². The van der Waals surface area contributed by atoms with E-state index in [-0.39, 0.29) is 0 Å². The molecule has 0 amide bonds. The fourth-order valence-corrected chi connectivity index (χ4v) is 2.34. The Hall–Kier alpha value is -1.42. The van der Waals surface area contributed by atoms with E-state index in [2.05, 4.69) is 34.5 Å². The standard InChI is InChI=1S/C11H11N3S/c15-11-13-12-7-14(11)6-9-5-8-3-1-2-4-10(8)9/h1-4,7,9H,5-6H2,(H,13,15). The van der Waals surface area contributed by atoms with Gasteiger partial charge < -0.3 is 4.57 Å². The lowest BCUT2D eigenvalue weighted by atomic mass is 9.77. The Morgan fingerprint density at radius 3 is 3.07 bits per heavy atom. The van der Waals surface area contributed by atoms with Gasteiger partial charge in [0.15, 0.2) is 4.77 Å². The molecule has 0 bridgehead atoms. The highest BCUT2D eigenvalue weighted by Gasteiger charge is 2.25. The Morgan fingerprint density at radius 2 is 2.33 bits per heavy atom. The van der Waals surface area contributed by atoms with Gasteiger partial charge in [-0.15, -0.1) is 0 Å². The number of aromatic nitrogens is 3. The van der Waals surface area contributed by atoms with Gasteiger partial charge in [0.1, 0.15) is 6.33 Å². The third-order valence-electron chi connectivity index (χ3n) is 3.00. The van der Waals surface area contributed by atoms with E-state index in [0.717, 1.165) is 13.0 Å². The number of benzene rings is 1. The summed E-state index contributed by atoms with van der Waals surface area (Å²) in [5.74, 6) is 0.602. The summed E-state index contributed by atoms with van der Waals surface area (Å²) in [5.41, 5.74) is 2.93. The summed E-state index contributed by atoms with van der Waals surface area (Å²) in [4.78, 5) is 0. The molecule has 3 nitrogen and oxygen atoms in total. The van der Waals surface area contributed by atoms with Gasteiger partial charge in [0.05, 0.1) is 0 Å². The normalized spacial score (nSPS) is 18.3. The maximum absolute atomic E-state index is 5.12. The molecule has 0 radical (unpaired) electrons. The van der Waals surface area contributed by atoms with Crippen molar-refractivity contribution in [2.24, 2.45) is 0 Å². The van der Waals surface area contributed by atoms with Gasteiger partial charge in [0, 0.05) is 12.5 Å². The van der Waals surface area contributed by atoms with Gasteiger partial charge in [-0.2, -0.15) is 5.10 Å². The average molecular weight is 217 g/mol. The van der Waals surface area contributed by atoms with Crippen LogP contribution in [0.3, 0.4) is 0 Å². The van der Waals surface area contributed by atoms with E-state index in [1.54, 1.807) is 6.33 Å². The molecule has 1 aromatic carbocycles. The molecule has 1 aliphatic carbocycles. The molecule has 0 saturated carbocycles. The highest BCUT2D eigenvalue weighted by Crippen LogP contribution is 2.35. The molecule has 1 heterocycles. The van der Waals surface area contributed by atoms with Crippen LogP contribution in [-0.4, -0.2) is 14.8 Å². The molecule has 1 aliphatic rings. The molecular weight excluding hydrogens is 206 g/mol. The topological polar surface area (TPSA) is 33.6 Å². The first-order valence-electron chi connectivity index (χ1n) is 5.02. The minimum Gasteiger partial charge on any atom is -0.306 e. The van der Waals surface area contributed by atoms with Gasteiger partial charge >= 0.3 is 0 Å². The van der Waals surface area contributed by atoms with Crippen molar-refractivity contribution in [3.05, 3.63) is 46.5 Å². The lowest BCUT2D eigenvalue weighted by Gasteiger charge is -2.30. The summed E-state index contributed by atoms with van der Waals surface area (Å²) < 4.78 is 2.70. The van der Waals surface area contributed by atoms with Crippen LogP contribution in [-0.2, 0) is 13.0 Å². The zero-order valence-corrected chi connectivity index (χ0v) is 9.00. The van der Waals surface area contributed by atoms with Crippen LogP contribution >= 0.6 is 12.2 Å². The Balaban J connectivity index is 1.84. The molecule has 76 valence electrons. The molecule has 0 spiro atoms. The van der Waals surface area contributed by atoms with Crippen molar-refractivity contribution in [2.45, 2.75) is 18.9 Å². The number of nitrogens with one attached hydrogen (secondary N) is 1. The van der Waals surface area contributed by atoms with Crippen LogP contribution in [0.4, 0.5) is 0 Å². The molecule has 1 unspecified atom stereocenters. The quantitative estimate of drug-likeness (QED) is 0.783. The van der Waals surface area contributed by atoms with Gasteiger partial charge in [-0.05, 0) is 29.8 Å². The van der Waals surface area contributed by atoms with Crippen LogP contribution in [0.2, 0.25) is 0 Å². The van der Waals surface area contributed by atoms with Gasteiger partial charge in [0.25, 0.3) is 0 Å². The molecule has 0 saturated heterocycles. The van der Waals surface area contributed by atoms with Crippen molar-refractivity contribution >= 4 is 12.2 Å². The Labute approximate surface area is 92.8 Å². The minimum absolute atomic E-state index is 0.602. The third kappa shape index (κ3) is 1.41. The second-order valence-corrected chi connectivity index (χ2v) is 4.30. The van der Waals surface area contributed by atoms with E-state index >= 15 is 0 Å². The Bertz CT molecular complexity index is 541. The molecule has 15 heavy (non-hydrogen) atoms. The van der Waals surface area contributed by atoms with Crippen molar-refractivity contribution in [2.75, 3.05) is 0 Å². The minimum atomic E-state index is 0.602. The van der Waals surface area contributed by atoms with Crippen molar-refractivity contribution in [1.82, 2.24) is 14.8 Å². The highest BCUT2D eigenvalue weighted by atomic mass is 32.1. The SMILES string of the molecule is S=c1[nH]ncn1CC1Cc2ccccc21. The van der Waals surface area contributed by atoms with Crippen molar-refractivity contribution in [3.63, 3.8) is 0 Å². The van der Waals surface area contributed by atoms with Crippen LogP contribution in [0.15, 0.2) is 30.6 Å². The fourth-order valence-electron chi connectivity index (χ4n) is 2.16. The molecule has 2 aromatic rings. The molecule has 1 aromatic heterocycles. The van der Waals surface area contributed by atoms with Crippen molar-refractivity contribution < 1.29 is 0 Å². The van der Waals surface area contributed by atoms with Crippen LogP contribution in [0.5, 0.6) is 0 Å². The monoisotopic (exact) mass is 217 g/mol. The molecular formula is C11H11N3S.